The first kappa shape index (κ1) is 10.6. The number of anilines is 1. The van der Waals surface area contributed by atoms with Gasteiger partial charge in [-0.1, -0.05) is 0 Å². The highest BCUT2D eigenvalue weighted by molar-refractivity contribution is 5.44. The Morgan fingerprint density at radius 3 is 2.88 bits per heavy atom. The Morgan fingerprint density at radius 1 is 1.50 bits per heavy atom. The maximum Gasteiger partial charge on any atom is 0.129 e. The molecule has 0 radical (unpaired) electrons. The Morgan fingerprint density at radius 2 is 2.25 bits per heavy atom. The molecule has 0 amide bonds. The topological polar surface area (TPSA) is 77.0 Å². The summed E-state index contributed by atoms with van der Waals surface area (Å²) in [6.07, 6.45) is 2.52. The normalized spacial score (nSPS) is 12.7. The number of nitrogen functional groups attached to an aromatic ring is 1. The Labute approximate surface area is 93.5 Å². The van der Waals surface area contributed by atoms with Crippen LogP contribution in [0.25, 0.3) is 0 Å². The van der Waals surface area contributed by atoms with Crippen LogP contribution in [0.4, 0.5) is 5.82 Å². The molecule has 0 aliphatic heterocycles. The lowest BCUT2D eigenvalue weighted by molar-refractivity contribution is 0.210. The van der Waals surface area contributed by atoms with Gasteiger partial charge >= 0.3 is 0 Å². The monoisotopic (exact) mass is 218 g/mol. The summed E-state index contributed by atoms with van der Waals surface area (Å²) in [5.41, 5.74) is 8.02. The second-order valence-electron chi connectivity index (χ2n) is 3.77. The van der Waals surface area contributed by atoms with E-state index in [2.05, 4.69) is 10.1 Å². The number of rotatable bonds is 2. The van der Waals surface area contributed by atoms with E-state index in [-0.39, 0.29) is 0 Å². The van der Waals surface area contributed by atoms with E-state index in [0.29, 0.717) is 17.1 Å². The molecule has 84 valence electrons. The second-order valence-corrected chi connectivity index (χ2v) is 3.77. The molecular weight excluding hydrogens is 204 g/mol. The van der Waals surface area contributed by atoms with Gasteiger partial charge in [0.15, 0.2) is 0 Å². The summed E-state index contributed by atoms with van der Waals surface area (Å²) in [7, 11) is 1.78. The summed E-state index contributed by atoms with van der Waals surface area (Å²) in [5, 5.41) is 14.2. The summed E-state index contributed by atoms with van der Waals surface area (Å²) in [5.74, 6) is 0.347. The number of aryl methyl sites for hydroxylation is 2. The van der Waals surface area contributed by atoms with Gasteiger partial charge in [0.1, 0.15) is 11.9 Å². The minimum absolute atomic E-state index is 0.347. The van der Waals surface area contributed by atoms with Gasteiger partial charge < -0.3 is 10.8 Å². The predicted molar refractivity (Wildman–Crippen MR) is 60.7 cm³/mol. The molecule has 5 nitrogen and oxygen atoms in total. The molecule has 0 saturated heterocycles. The number of hydrogen-bond acceptors (Lipinski definition) is 4. The van der Waals surface area contributed by atoms with Crippen LogP contribution in [0.1, 0.15) is 22.9 Å². The zero-order chi connectivity index (χ0) is 11.7. The molecule has 2 aromatic heterocycles. The standard InChI is InChI=1S/C11H14N4O/c1-7-5-8(11(12)13-6-7)10(16)9-3-4-14-15(9)2/h3-6,10,16H,1-2H3,(H2,12,13). The maximum atomic E-state index is 10.2. The average Bonchev–Trinajstić information content (AvgIpc) is 2.67. The fraction of sp³-hybridized carbons (Fsp3) is 0.273. The van der Waals surface area contributed by atoms with Gasteiger partial charge in [-0.15, -0.1) is 0 Å². The molecule has 0 aromatic carbocycles. The van der Waals surface area contributed by atoms with Crippen molar-refractivity contribution in [3.05, 3.63) is 41.3 Å². The van der Waals surface area contributed by atoms with Crippen molar-refractivity contribution < 1.29 is 5.11 Å². The van der Waals surface area contributed by atoms with E-state index in [9.17, 15) is 5.11 Å². The summed E-state index contributed by atoms with van der Waals surface area (Å²) in [4.78, 5) is 4.03. The molecule has 5 heteroatoms. The van der Waals surface area contributed by atoms with Crippen LogP contribution in [-0.2, 0) is 7.05 Å². The number of aromatic nitrogens is 3. The molecule has 0 aliphatic rings. The lowest BCUT2D eigenvalue weighted by Crippen LogP contribution is -2.10. The van der Waals surface area contributed by atoms with Crippen LogP contribution < -0.4 is 5.73 Å². The van der Waals surface area contributed by atoms with E-state index in [1.807, 2.05) is 13.0 Å². The van der Waals surface area contributed by atoms with Gasteiger partial charge in [0.25, 0.3) is 0 Å². The largest absolute Gasteiger partial charge is 0.383 e. The third-order valence-electron chi connectivity index (χ3n) is 2.52. The molecule has 16 heavy (non-hydrogen) atoms. The molecule has 1 unspecified atom stereocenters. The third kappa shape index (κ3) is 1.77. The molecule has 0 saturated carbocycles. The van der Waals surface area contributed by atoms with Crippen LogP contribution in [0.3, 0.4) is 0 Å². The summed E-state index contributed by atoms with van der Waals surface area (Å²) in [6.45, 7) is 1.91. The minimum Gasteiger partial charge on any atom is -0.383 e. The van der Waals surface area contributed by atoms with Crippen molar-refractivity contribution in [3.63, 3.8) is 0 Å². The van der Waals surface area contributed by atoms with Gasteiger partial charge in [-0.05, 0) is 24.6 Å². The molecule has 2 aromatic rings. The van der Waals surface area contributed by atoms with E-state index in [4.69, 9.17) is 5.73 Å². The Hall–Kier alpha value is -1.88. The number of aliphatic hydroxyl groups excluding tert-OH is 1. The van der Waals surface area contributed by atoms with Crippen LogP contribution in [-0.4, -0.2) is 19.9 Å². The van der Waals surface area contributed by atoms with Crippen molar-refractivity contribution in [1.82, 2.24) is 14.8 Å². The predicted octanol–water partition coefficient (Wildman–Crippen LogP) is 0.787. The molecule has 0 bridgehead atoms. The quantitative estimate of drug-likeness (QED) is 0.781. The van der Waals surface area contributed by atoms with Crippen molar-refractivity contribution in [3.8, 4) is 0 Å². The average molecular weight is 218 g/mol. The lowest BCUT2D eigenvalue weighted by atomic mass is 10.1. The fourth-order valence-corrected chi connectivity index (χ4v) is 1.63. The van der Waals surface area contributed by atoms with Gasteiger partial charge in [-0.2, -0.15) is 5.10 Å². The van der Waals surface area contributed by atoms with Crippen LogP contribution in [0.15, 0.2) is 24.5 Å². The van der Waals surface area contributed by atoms with Crippen molar-refractivity contribution in [1.29, 1.82) is 0 Å². The fourth-order valence-electron chi connectivity index (χ4n) is 1.63. The van der Waals surface area contributed by atoms with Crippen LogP contribution in [0.5, 0.6) is 0 Å². The third-order valence-corrected chi connectivity index (χ3v) is 2.52. The summed E-state index contributed by atoms with van der Waals surface area (Å²) >= 11 is 0. The highest BCUT2D eigenvalue weighted by Gasteiger charge is 2.17. The maximum absolute atomic E-state index is 10.2. The lowest BCUT2D eigenvalue weighted by Gasteiger charge is -2.13. The molecule has 0 spiro atoms. The summed E-state index contributed by atoms with van der Waals surface area (Å²) < 4.78 is 1.62. The highest BCUT2D eigenvalue weighted by atomic mass is 16.3. The van der Waals surface area contributed by atoms with E-state index >= 15 is 0 Å². The van der Waals surface area contributed by atoms with E-state index < -0.39 is 6.10 Å². The Kier molecular flexibility index (Phi) is 2.62. The molecule has 0 fully saturated rings. The molecular formula is C11H14N4O. The van der Waals surface area contributed by atoms with Crippen molar-refractivity contribution in [2.24, 2.45) is 7.05 Å². The SMILES string of the molecule is Cc1cnc(N)c(C(O)c2ccnn2C)c1. The molecule has 1 atom stereocenters. The number of nitrogens with two attached hydrogens (primary N) is 1. The highest BCUT2D eigenvalue weighted by Crippen LogP contribution is 2.25. The van der Waals surface area contributed by atoms with Crippen molar-refractivity contribution >= 4 is 5.82 Å². The van der Waals surface area contributed by atoms with Gasteiger partial charge in [-0.3, -0.25) is 4.68 Å². The van der Waals surface area contributed by atoms with Crippen molar-refractivity contribution in [2.45, 2.75) is 13.0 Å². The zero-order valence-electron chi connectivity index (χ0n) is 9.25. The Bertz CT molecular complexity index is 506. The molecule has 2 rings (SSSR count). The number of hydrogen-bond donors (Lipinski definition) is 2. The first-order chi connectivity index (χ1) is 7.59. The van der Waals surface area contributed by atoms with Gasteiger partial charge in [0.05, 0.1) is 5.69 Å². The molecule has 2 heterocycles. The smallest absolute Gasteiger partial charge is 0.129 e. The zero-order valence-corrected chi connectivity index (χ0v) is 9.25. The molecule has 3 N–H and O–H groups in total. The van der Waals surface area contributed by atoms with E-state index in [1.165, 1.54) is 0 Å². The first-order valence-corrected chi connectivity index (χ1v) is 4.97. The van der Waals surface area contributed by atoms with Crippen LogP contribution in [0, 0.1) is 6.92 Å². The summed E-state index contributed by atoms with van der Waals surface area (Å²) in [6, 6.07) is 3.59. The van der Waals surface area contributed by atoms with Crippen LogP contribution in [0.2, 0.25) is 0 Å². The Balaban J connectivity index is 2.45. The van der Waals surface area contributed by atoms with E-state index in [1.54, 1.807) is 30.2 Å². The number of aliphatic hydroxyl groups is 1. The molecule has 0 aliphatic carbocycles. The van der Waals surface area contributed by atoms with Gasteiger partial charge in [-0.25, -0.2) is 4.98 Å². The second kappa shape index (κ2) is 3.94. The minimum atomic E-state index is -0.792. The van der Waals surface area contributed by atoms with E-state index in [0.717, 1.165) is 5.56 Å². The number of pyridine rings is 1. The first-order valence-electron chi connectivity index (χ1n) is 4.97. The van der Waals surface area contributed by atoms with Gasteiger partial charge in [0, 0.05) is 25.0 Å². The van der Waals surface area contributed by atoms with Gasteiger partial charge in [0.2, 0.25) is 0 Å². The number of nitrogens with zero attached hydrogens (tertiary/aromatic N) is 3. The van der Waals surface area contributed by atoms with Crippen molar-refractivity contribution in [2.75, 3.05) is 5.73 Å². The van der Waals surface area contributed by atoms with Crippen LogP contribution >= 0.6 is 0 Å².